The summed E-state index contributed by atoms with van der Waals surface area (Å²) in [6.07, 6.45) is 5.64. The first-order valence-electron chi connectivity index (χ1n) is 12.9. The number of methoxy groups -OCH3 is 2. The minimum Gasteiger partial charge on any atom is -0.493 e. The van der Waals surface area contributed by atoms with Crippen LogP contribution in [0.25, 0.3) is 33.6 Å². The lowest BCUT2D eigenvalue weighted by atomic mass is 10.0. The van der Waals surface area contributed by atoms with Crippen molar-refractivity contribution in [2.24, 2.45) is 0 Å². The second-order valence-electron chi connectivity index (χ2n) is 9.34. The second kappa shape index (κ2) is 10.9. The summed E-state index contributed by atoms with van der Waals surface area (Å²) in [6, 6.07) is 17.3. The summed E-state index contributed by atoms with van der Waals surface area (Å²) in [5.41, 5.74) is 4.36. The number of aryl methyl sites for hydroxylation is 2. The summed E-state index contributed by atoms with van der Waals surface area (Å²) < 4.78 is 22.4. The van der Waals surface area contributed by atoms with E-state index in [1.54, 1.807) is 14.2 Å². The highest BCUT2D eigenvalue weighted by Crippen LogP contribution is 2.36. The van der Waals surface area contributed by atoms with Crippen molar-refractivity contribution < 1.29 is 23.4 Å². The Balaban J connectivity index is 1.26. The number of thiophene rings is 1. The first kappa shape index (κ1) is 25.1. The molecule has 8 nitrogen and oxygen atoms in total. The summed E-state index contributed by atoms with van der Waals surface area (Å²) in [4.78, 5) is 19.5. The molecular formula is C30H27N3O5S. The number of carbonyl (C=O) groups is 1. The van der Waals surface area contributed by atoms with Crippen LogP contribution in [0.3, 0.4) is 0 Å². The first-order valence-corrected chi connectivity index (χ1v) is 13.7. The molecular weight excluding hydrogens is 514 g/mol. The molecule has 39 heavy (non-hydrogen) atoms. The second-order valence-corrected chi connectivity index (χ2v) is 10.5. The lowest BCUT2D eigenvalue weighted by molar-refractivity contribution is 0.0444. The van der Waals surface area contributed by atoms with Gasteiger partial charge in [-0.25, -0.2) is 9.78 Å². The van der Waals surface area contributed by atoms with E-state index in [2.05, 4.69) is 10.2 Å². The molecule has 198 valence electrons. The van der Waals surface area contributed by atoms with Gasteiger partial charge in [-0.1, -0.05) is 24.6 Å². The number of esters is 1. The monoisotopic (exact) mass is 541 g/mol. The fraction of sp³-hybridized carbons (Fsp3) is 0.267. The number of hydrogen-bond donors (Lipinski definition) is 0. The largest absolute Gasteiger partial charge is 0.493 e. The third kappa shape index (κ3) is 5.09. The molecule has 3 aromatic heterocycles. The van der Waals surface area contributed by atoms with Gasteiger partial charge in [0.15, 0.2) is 18.1 Å². The molecule has 3 heterocycles. The molecule has 0 amide bonds. The Morgan fingerprint density at radius 3 is 2.67 bits per heavy atom. The van der Waals surface area contributed by atoms with Crippen LogP contribution in [-0.2, 0) is 24.2 Å². The predicted octanol–water partition coefficient (Wildman–Crippen LogP) is 6.66. The number of pyridine rings is 1. The molecule has 0 atom stereocenters. The first-order chi connectivity index (χ1) is 19.1. The third-order valence-electron chi connectivity index (χ3n) is 6.87. The summed E-state index contributed by atoms with van der Waals surface area (Å²) in [7, 11) is 3.20. The van der Waals surface area contributed by atoms with Crippen LogP contribution in [0.4, 0.5) is 0 Å². The third-order valence-corrected chi connectivity index (χ3v) is 8.08. The molecule has 0 fully saturated rings. The van der Waals surface area contributed by atoms with Gasteiger partial charge in [-0.2, -0.15) is 0 Å². The minimum absolute atomic E-state index is 0.0973. The number of para-hydroxylation sites is 1. The Hall–Kier alpha value is -4.24. The van der Waals surface area contributed by atoms with Gasteiger partial charge in [0.05, 0.1) is 31.0 Å². The molecule has 0 unspecified atom stereocenters. The van der Waals surface area contributed by atoms with Gasteiger partial charge in [-0.3, -0.25) is 0 Å². The van der Waals surface area contributed by atoms with Crippen LogP contribution in [0.2, 0.25) is 0 Å². The number of rotatable bonds is 7. The maximum absolute atomic E-state index is 12.7. The van der Waals surface area contributed by atoms with Crippen molar-refractivity contribution >= 4 is 28.2 Å². The van der Waals surface area contributed by atoms with E-state index in [-0.39, 0.29) is 18.5 Å². The van der Waals surface area contributed by atoms with Crippen LogP contribution in [0.15, 0.2) is 59.0 Å². The average Bonchev–Trinajstić information content (AvgIpc) is 3.56. The van der Waals surface area contributed by atoms with E-state index in [0.717, 1.165) is 34.9 Å². The Bertz CT molecular complexity index is 1630. The molecule has 0 radical (unpaired) electrons. The van der Waals surface area contributed by atoms with E-state index in [1.807, 2.05) is 54.6 Å². The highest BCUT2D eigenvalue weighted by atomic mass is 32.1. The van der Waals surface area contributed by atoms with E-state index >= 15 is 0 Å². The van der Waals surface area contributed by atoms with Gasteiger partial charge in [0, 0.05) is 15.8 Å². The van der Waals surface area contributed by atoms with Crippen LogP contribution in [-0.4, -0.2) is 35.4 Å². The van der Waals surface area contributed by atoms with Gasteiger partial charge in [0.1, 0.15) is 4.88 Å². The quantitative estimate of drug-likeness (QED) is 0.167. The molecule has 2 aromatic carbocycles. The van der Waals surface area contributed by atoms with Gasteiger partial charge in [-0.15, -0.1) is 21.5 Å². The molecule has 9 heteroatoms. The SMILES string of the molecule is COc1ccc(-c2cc(-c3nnc(COC(=O)c4cc5c(s4)CCCCC5)o3)c3ccccc3n2)cc1OC. The van der Waals surface area contributed by atoms with Crippen molar-refractivity contribution in [1.82, 2.24) is 15.2 Å². The zero-order valence-electron chi connectivity index (χ0n) is 21.7. The van der Waals surface area contributed by atoms with E-state index < -0.39 is 0 Å². The number of hydrogen-bond acceptors (Lipinski definition) is 9. The fourth-order valence-electron chi connectivity index (χ4n) is 4.88. The van der Waals surface area contributed by atoms with Crippen LogP contribution < -0.4 is 9.47 Å². The van der Waals surface area contributed by atoms with Gasteiger partial charge in [0.2, 0.25) is 5.89 Å². The van der Waals surface area contributed by atoms with Crippen molar-refractivity contribution in [1.29, 1.82) is 0 Å². The van der Waals surface area contributed by atoms with E-state index in [9.17, 15) is 4.79 Å². The van der Waals surface area contributed by atoms with Gasteiger partial charge < -0.3 is 18.6 Å². The molecule has 1 aliphatic carbocycles. The lowest BCUT2D eigenvalue weighted by Crippen LogP contribution is -2.03. The van der Waals surface area contributed by atoms with Crippen LogP contribution >= 0.6 is 11.3 Å². The molecule has 0 saturated carbocycles. The minimum atomic E-state index is -0.363. The number of ether oxygens (including phenoxy) is 3. The Labute approximate surface area is 229 Å². The molecule has 5 aromatic rings. The van der Waals surface area contributed by atoms with Crippen molar-refractivity contribution in [3.05, 3.63) is 75.8 Å². The van der Waals surface area contributed by atoms with Crippen molar-refractivity contribution in [2.45, 2.75) is 38.7 Å². The maximum Gasteiger partial charge on any atom is 0.348 e. The zero-order valence-corrected chi connectivity index (χ0v) is 22.5. The molecule has 0 N–H and O–H groups in total. The van der Waals surface area contributed by atoms with Gasteiger partial charge in [0.25, 0.3) is 5.89 Å². The number of aromatic nitrogens is 3. The molecule has 6 rings (SSSR count). The van der Waals surface area contributed by atoms with Gasteiger partial charge in [-0.05, 0) is 67.6 Å². The molecule has 0 saturated heterocycles. The zero-order chi connectivity index (χ0) is 26.8. The van der Waals surface area contributed by atoms with E-state index in [0.29, 0.717) is 28.0 Å². The highest BCUT2D eigenvalue weighted by molar-refractivity contribution is 7.14. The predicted molar refractivity (Wildman–Crippen MR) is 148 cm³/mol. The molecule has 1 aliphatic rings. The lowest BCUT2D eigenvalue weighted by Gasteiger charge is -2.11. The van der Waals surface area contributed by atoms with E-state index in [1.165, 1.54) is 41.0 Å². The number of benzene rings is 2. The topological polar surface area (TPSA) is 96.6 Å². The van der Waals surface area contributed by atoms with Gasteiger partial charge >= 0.3 is 5.97 Å². The molecule has 0 spiro atoms. The molecule has 0 aliphatic heterocycles. The normalized spacial score (nSPS) is 13.1. The summed E-state index contributed by atoms with van der Waals surface area (Å²) >= 11 is 1.53. The fourth-order valence-corrected chi connectivity index (χ4v) is 6.03. The summed E-state index contributed by atoms with van der Waals surface area (Å²) in [5, 5.41) is 9.29. The standard InChI is InChI=1S/C30H27N3O5S/c1-35-24-13-12-18(14-25(24)36-2)23-16-21(20-9-6-7-10-22(20)31-23)29-33-32-28(38-29)17-37-30(34)27-15-19-8-4-3-5-11-26(19)39-27/h6-7,9-10,12-16H,3-5,8,11,17H2,1-2H3. The number of nitrogens with zero attached hydrogens (tertiary/aromatic N) is 3. The maximum atomic E-state index is 12.7. The Morgan fingerprint density at radius 2 is 1.79 bits per heavy atom. The number of carbonyl (C=O) groups excluding carboxylic acids is 1. The highest BCUT2D eigenvalue weighted by Gasteiger charge is 2.20. The van der Waals surface area contributed by atoms with E-state index in [4.69, 9.17) is 23.6 Å². The van der Waals surface area contributed by atoms with Crippen molar-refractivity contribution in [3.8, 4) is 34.2 Å². The summed E-state index contributed by atoms with van der Waals surface area (Å²) in [6.45, 7) is -0.0973. The Kier molecular flexibility index (Phi) is 6.98. The van der Waals surface area contributed by atoms with Crippen molar-refractivity contribution in [2.75, 3.05) is 14.2 Å². The van der Waals surface area contributed by atoms with Crippen LogP contribution in [0.1, 0.15) is 45.3 Å². The molecule has 0 bridgehead atoms. The average molecular weight is 542 g/mol. The summed E-state index contributed by atoms with van der Waals surface area (Å²) in [5.74, 6) is 1.43. The Morgan fingerprint density at radius 1 is 0.949 bits per heavy atom. The van der Waals surface area contributed by atoms with Crippen LogP contribution in [0, 0.1) is 0 Å². The smallest absolute Gasteiger partial charge is 0.348 e. The van der Waals surface area contributed by atoms with Crippen LogP contribution in [0.5, 0.6) is 11.5 Å². The van der Waals surface area contributed by atoms with Crippen molar-refractivity contribution in [3.63, 3.8) is 0 Å². The number of fused-ring (bicyclic) bond motifs is 2.